The van der Waals surface area contributed by atoms with Gasteiger partial charge in [-0.2, -0.15) is 0 Å². The smallest absolute Gasteiger partial charge is 0.221 e. The zero-order valence-electron chi connectivity index (χ0n) is 10.2. The summed E-state index contributed by atoms with van der Waals surface area (Å²) in [5.41, 5.74) is 4.57. The monoisotopic (exact) mass is 213 g/mol. The van der Waals surface area contributed by atoms with Crippen LogP contribution in [0.3, 0.4) is 0 Å². The molecule has 0 saturated heterocycles. The molecular weight excluding hydrogens is 190 g/mol. The molecule has 2 unspecified atom stereocenters. The minimum absolute atomic E-state index is 0.100. The number of amides is 1. The molecule has 1 aliphatic rings. The summed E-state index contributed by atoms with van der Waals surface area (Å²) in [6.07, 6.45) is 2.05. The largest absolute Gasteiger partial charge is 0.390 e. The van der Waals surface area contributed by atoms with Gasteiger partial charge in [0.15, 0.2) is 0 Å². The second-order valence-corrected chi connectivity index (χ2v) is 5.92. The Morgan fingerprint density at radius 1 is 1.47 bits per heavy atom. The van der Waals surface area contributed by atoms with Gasteiger partial charge in [0.25, 0.3) is 0 Å². The van der Waals surface area contributed by atoms with Crippen LogP contribution in [0.25, 0.3) is 0 Å². The molecule has 88 valence electrons. The van der Waals surface area contributed by atoms with Gasteiger partial charge in [-0.05, 0) is 30.6 Å². The Balaban J connectivity index is 2.85. The van der Waals surface area contributed by atoms with Gasteiger partial charge in [-0.25, -0.2) is 0 Å². The number of carbonyl (C=O) groups excluding carboxylic acids is 1. The molecule has 0 heterocycles. The number of primary amides is 1. The van der Waals surface area contributed by atoms with Gasteiger partial charge >= 0.3 is 0 Å². The van der Waals surface area contributed by atoms with E-state index in [1.807, 2.05) is 27.7 Å². The zero-order valence-corrected chi connectivity index (χ0v) is 10.2. The first-order valence-corrected chi connectivity index (χ1v) is 5.71. The number of hydrogen-bond donors (Lipinski definition) is 2. The predicted molar refractivity (Wildman–Crippen MR) is 60.1 cm³/mol. The molecule has 0 aliphatic heterocycles. The number of aliphatic hydroxyl groups is 1. The Morgan fingerprint density at radius 2 is 2.00 bits per heavy atom. The number of nitrogens with two attached hydrogens (primary N) is 1. The van der Waals surface area contributed by atoms with E-state index in [9.17, 15) is 9.90 Å². The van der Waals surface area contributed by atoms with Crippen molar-refractivity contribution >= 4 is 5.91 Å². The van der Waals surface area contributed by atoms with Gasteiger partial charge in [0, 0.05) is 5.92 Å². The molecule has 2 atom stereocenters. The number of carbonyl (C=O) groups is 1. The Bertz CT molecular complexity index is 260. The molecule has 1 amide bonds. The molecule has 0 aromatic carbocycles. The fourth-order valence-corrected chi connectivity index (χ4v) is 2.81. The van der Waals surface area contributed by atoms with E-state index in [-0.39, 0.29) is 23.2 Å². The van der Waals surface area contributed by atoms with Crippen molar-refractivity contribution < 1.29 is 9.90 Å². The minimum Gasteiger partial charge on any atom is -0.390 e. The highest BCUT2D eigenvalue weighted by molar-refractivity contribution is 5.77. The van der Waals surface area contributed by atoms with Crippen molar-refractivity contribution in [1.82, 2.24) is 0 Å². The van der Waals surface area contributed by atoms with Crippen LogP contribution in [0.2, 0.25) is 0 Å². The van der Waals surface area contributed by atoms with Gasteiger partial charge < -0.3 is 10.8 Å². The van der Waals surface area contributed by atoms with Crippen LogP contribution in [0, 0.1) is 17.3 Å². The van der Waals surface area contributed by atoms with Crippen molar-refractivity contribution in [1.29, 1.82) is 0 Å². The van der Waals surface area contributed by atoms with Crippen LogP contribution >= 0.6 is 0 Å². The SMILES string of the molecule is CC(C)C1(O)CCC(C(N)=O)C(C)(C)C1. The normalized spacial score (nSPS) is 35.5. The topological polar surface area (TPSA) is 63.3 Å². The molecule has 3 nitrogen and oxygen atoms in total. The molecule has 0 aromatic rings. The second kappa shape index (κ2) is 3.78. The van der Waals surface area contributed by atoms with Gasteiger partial charge in [0.1, 0.15) is 0 Å². The van der Waals surface area contributed by atoms with E-state index in [1.54, 1.807) is 0 Å². The van der Waals surface area contributed by atoms with Crippen molar-refractivity contribution in [3.8, 4) is 0 Å². The fourth-order valence-electron chi connectivity index (χ4n) is 2.81. The Morgan fingerprint density at radius 3 is 2.33 bits per heavy atom. The molecule has 1 fully saturated rings. The Hall–Kier alpha value is -0.570. The lowest BCUT2D eigenvalue weighted by Gasteiger charge is -2.47. The van der Waals surface area contributed by atoms with Crippen LogP contribution in [0.1, 0.15) is 47.0 Å². The van der Waals surface area contributed by atoms with E-state index in [4.69, 9.17) is 5.73 Å². The maximum absolute atomic E-state index is 11.3. The van der Waals surface area contributed by atoms with Crippen molar-refractivity contribution in [2.24, 2.45) is 23.0 Å². The maximum Gasteiger partial charge on any atom is 0.221 e. The molecule has 3 heteroatoms. The van der Waals surface area contributed by atoms with Gasteiger partial charge in [0.05, 0.1) is 5.60 Å². The van der Waals surface area contributed by atoms with E-state index < -0.39 is 5.60 Å². The van der Waals surface area contributed by atoms with Crippen LogP contribution in [0.4, 0.5) is 0 Å². The van der Waals surface area contributed by atoms with E-state index in [2.05, 4.69) is 0 Å². The van der Waals surface area contributed by atoms with Crippen LogP contribution in [-0.2, 0) is 4.79 Å². The molecule has 1 rings (SSSR count). The summed E-state index contributed by atoms with van der Waals surface area (Å²) in [6.45, 7) is 8.10. The molecule has 15 heavy (non-hydrogen) atoms. The Labute approximate surface area is 92.0 Å². The molecule has 1 aliphatic carbocycles. The first-order valence-electron chi connectivity index (χ1n) is 5.71. The lowest BCUT2D eigenvalue weighted by Crippen LogP contribution is -2.50. The van der Waals surface area contributed by atoms with Crippen molar-refractivity contribution in [2.45, 2.75) is 52.6 Å². The van der Waals surface area contributed by atoms with Gasteiger partial charge in [-0.1, -0.05) is 27.7 Å². The summed E-state index contributed by atoms with van der Waals surface area (Å²) >= 11 is 0. The predicted octanol–water partition coefficient (Wildman–Crippen LogP) is 1.69. The molecule has 3 N–H and O–H groups in total. The third-order valence-electron chi connectivity index (χ3n) is 3.99. The first-order chi connectivity index (χ1) is 6.69. The molecule has 0 spiro atoms. The minimum atomic E-state index is -0.630. The lowest BCUT2D eigenvalue weighted by atomic mass is 9.60. The summed E-state index contributed by atoms with van der Waals surface area (Å²) < 4.78 is 0. The Kier molecular flexibility index (Phi) is 3.15. The highest BCUT2D eigenvalue weighted by atomic mass is 16.3. The summed E-state index contributed by atoms with van der Waals surface area (Å²) in [6, 6.07) is 0. The fraction of sp³-hybridized carbons (Fsp3) is 0.917. The maximum atomic E-state index is 11.3. The second-order valence-electron chi connectivity index (χ2n) is 5.92. The summed E-state index contributed by atoms with van der Waals surface area (Å²) in [5.74, 6) is -0.104. The van der Waals surface area contributed by atoms with Crippen LogP contribution in [0.5, 0.6) is 0 Å². The standard InChI is InChI=1S/C12H23NO2/c1-8(2)12(15)6-5-9(10(13)14)11(3,4)7-12/h8-9,15H,5-7H2,1-4H3,(H2,13,14). The van der Waals surface area contributed by atoms with E-state index >= 15 is 0 Å². The summed E-state index contributed by atoms with van der Waals surface area (Å²) in [4.78, 5) is 11.3. The lowest BCUT2D eigenvalue weighted by molar-refractivity contribution is -0.137. The third kappa shape index (κ3) is 2.33. The average molecular weight is 213 g/mol. The van der Waals surface area contributed by atoms with Crippen LogP contribution < -0.4 is 5.73 Å². The van der Waals surface area contributed by atoms with Crippen LogP contribution in [-0.4, -0.2) is 16.6 Å². The molecular formula is C12H23NO2. The van der Waals surface area contributed by atoms with Gasteiger partial charge in [-0.3, -0.25) is 4.79 Å². The van der Waals surface area contributed by atoms with Crippen molar-refractivity contribution in [3.05, 3.63) is 0 Å². The molecule has 1 saturated carbocycles. The van der Waals surface area contributed by atoms with Crippen LogP contribution in [0.15, 0.2) is 0 Å². The number of rotatable bonds is 2. The molecule has 0 aromatic heterocycles. The highest BCUT2D eigenvalue weighted by Crippen LogP contribution is 2.47. The van der Waals surface area contributed by atoms with E-state index in [0.29, 0.717) is 19.3 Å². The third-order valence-corrected chi connectivity index (χ3v) is 3.99. The first kappa shape index (κ1) is 12.5. The average Bonchev–Trinajstić information content (AvgIpc) is 2.00. The molecule has 0 radical (unpaired) electrons. The summed E-state index contributed by atoms with van der Waals surface area (Å²) in [7, 11) is 0. The van der Waals surface area contributed by atoms with E-state index in [0.717, 1.165) is 0 Å². The highest BCUT2D eigenvalue weighted by Gasteiger charge is 2.47. The summed E-state index contributed by atoms with van der Waals surface area (Å²) in [5, 5.41) is 10.4. The van der Waals surface area contributed by atoms with Gasteiger partial charge in [0.2, 0.25) is 5.91 Å². The zero-order chi connectivity index (χ0) is 11.9. The van der Waals surface area contributed by atoms with Crippen molar-refractivity contribution in [2.75, 3.05) is 0 Å². The quantitative estimate of drug-likeness (QED) is 0.733. The van der Waals surface area contributed by atoms with Gasteiger partial charge in [-0.15, -0.1) is 0 Å². The van der Waals surface area contributed by atoms with E-state index in [1.165, 1.54) is 0 Å². The molecule has 0 bridgehead atoms. The van der Waals surface area contributed by atoms with Crippen molar-refractivity contribution in [3.63, 3.8) is 0 Å². The number of hydrogen-bond acceptors (Lipinski definition) is 2.